The zero-order valence-electron chi connectivity index (χ0n) is 14.2. The highest BCUT2D eigenvalue weighted by Crippen LogP contribution is 2.35. The van der Waals surface area contributed by atoms with Crippen molar-refractivity contribution in [2.75, 3.05) is 13.8 Å². The van der Waals surface area contributed by atoms with E-state index >= 15 is 0 Å². The molecule has 1 aliphatic heterocycles. The quantitative estimate of drug-likeness (QED) is 0.802. The molecule has 1 unspecified atom stereocenters. The van der Waals surface area contributed by atoms with E-state index in [4.69, 9.17) is 9.47 Å². The molecule has 0 saturated heterocycles. The molecule has 1 aromatic rings. The van der Waals surface area contributed by atoms with Gasteiger partial charge in [-0.3, -0.25) is 4.90 Å². The van der Waals surface area contributed by atoms with Crippen molar-refractivity contribution in [2.45, 2.75) is 58.5 Å². The van der Waals surface area contributed by atoms with Crippen molar-refractivity contribution in [2.24, 2.45) is 11.8 Å². The maximum atomic E-state index is 5.48. The van der Waals surface area contributed by atoms with Gasteiger partial charge in [-0.25, -0.2) is 0 Å². The summed E-state index contributed by atoms with van der Waals surface area (Å²) in [5.41, 5.74) is 1.32. The van der Waals surface area contributed by atoms with Gasteiger partial charge in [0.2, 0.25) is 6.79 Å². The molecule has 0 bridgehead atoms. The fourth-order valence-corrected chi connectivity index (χ4v) is 3.90. The van der Waals surface area contributed by atoms with Crippen molar-refractivity contribution < 1.29 is 9.47 Å². The zero-order chi connectivity index (χ0) is 15.5. The number of fused-ring (bicyclic) bond motifs is 1. The van der Waals surface area contributed by atoms with E-state index in [9.17, 15) is 0 Å². The number of hydrogen-bond acceptors (Lipinski definition) is 3. The summed E-state index contributed by atoms with van der Waals surface area (Å²) in [7, 11) is 2.26. The molecule has 3 nitrogen and oxygen atoms in total. The third-order valence-electron chi connectivity index (χ3n) is 5.68. The Morgan fingerprint density at radius 2 is 1.86 bits per heavy atom. The van der Waals surface area contributed by atoms with Crippen LogP contribution in [-0.4, -0.2) is 24.8 Å². The Labute approximate surface area is 134 Å². The second kappa shape index (κ2) is 6.91. The van der Waals surface area contributed by atoms with Crippen LogP contribution in [0.3, 0.4) is 0 Å². The molecule has 1 aliphatic carbocycles. The summed E-state index contributed by atoms with van der Waals surface area (Å²) in [5.74, 6) is 3.60. The van der Waals surface area contributed by atoms with E-state index in [0.29, 0.717) is 6.79 Å². The van der Waals surface area contributed by atoms with Crippen LogP contribution < -0.4 is 9.47 Å². The molecule has 1 aromatic carbocycles. The van der Waals surface area contributed by atoms with Gasteiger partial charge in [-0.05, 0) is 62.3 Å². The van der Waals surface area contributed by atoms with Gasteiger partial charge in [-0.15, -0.1) is 0 Å². The van der Waals surface area contributed by atoms with Crippen molar-refractivity contribution in [3.05, 3.63) is 23.8 Å². The Balaban J connectivity index is 1.53. The number of hydrogen-bond donors (Lipinski definition) is 0. The van der Waals surface area contributed by atoms with Crippen LogP contribution in [0.15, 0.2) is 18.2 Å². The van der Waals surface area contributed by atoms with Crippen LogP contribution in [0.4, 0.5) is 0 Å². The van der Waals surface area contributed by atoms with Gasteiger partial charge in [0.15, 0.2) is 11.5 Å². The topological polar surface area (TPSA) is 21.7 Å². The third-order valence-corrected chi connectivity index (χ3v) is 5.68. The molecule has 0 amide bonds. The van der Waals surface area contributed by atoms with E-state index in [0.717, 1.165) is 35.9 Å². The largest absolute Gasteiger partial charge is 0.454 e. The van der Waals surface area contributed by atoms with E-state index in [2.05, 4.69) is 37.9 Å². The lowest BCUT2D eigenvalue weighted by molar-refractivity contribution is 0.137. The van der Waals surface area contributed by atoms with Crippen LogP contribution in [-0.2, 0) is 6.54 Å². The maximum absolute atomic E-state index is 5.48. The van der Waals surface area contributed by atoms with Gasteiger partial charge >= 0.3 is 0 Å². The van der Waals surface area contributed by atoms with Gasteiger partial charge < -0.3 is 9.47 Å². The van der Waals surface area contributed by atoms with Crippen LogP contribution in [0.5, 0.6) is 11.5 Å². The zero-order valence-corrected chi connectivity index (χ0v) is 14.2. The molecule has 3 heteroatoms. The molecule has 22 heavy (non-hydrogen) atoms. The molecule has 0 spiro atoms. The molecule has 0 radical (unpaired) electrons. The molecule has 1 heterocycles. The molecule has 1 fully saturated rings. The molecule has 122 valence electrons. The van der Waals surface area contributed by atoms with Gasteiger partial charge in [0.25, 0.3) is 0 Å². The number of rotatable bonds is 5. The Bertz CT molecular complexity index is 494. The van der Waals surface area contributed by atoms with Gasteiger partial charge in [0.05, 0.1) is 0 Å². The van der Waals surface area contributed by atoms with Crippen molar-refractivity contribution in [3.63, 3.8) is 0 Å². The highest BCUT2D eigenvalue weighted by atomic mass is 16.7. The Hall–Kier alpha value is -1.22. The summed E-state index contributed by atoms with van der Waals surface area (Å²) in [5, 5.41) is 0. The molecule has 0 N–H and O–H groups in total. The van der Waals surface area contributed by atoms with Crippen molar-refractivity contribution in [1.29, 1.82) is 0 Å². The summed E-state index contributed by atoms with van der Waals surface area (Å²) in [6, 6.07) is 7.05. The molecular weight excluding hydrogens is 274 g/mol. The van der Waals surface area contributed by atoms with Crippen LogP contribution in [0.2, 0.25) is 0 Å². The Morgan fingerprint density at radius 1 is 1.14 bits per heavy atom. The summed E-state index contributed by atoms with van der Waals surface area (Å²) < 4.78 is 10.9. The van der Waals surface area contributed by atoms with Gasteiger partial charge in [0, 0.05) is 12.6 Å². The van der Waals surface area contributed by atoms with Crippen LogP contribution >= 0.6 is 0 Å². The third kappa shape index (κ3) is 3.40. The first-order valence-electron chi connectivity index (χ1n) is 8.76. The lowest BCUT2D eigenvalue weighted by atomic mass is 9.77. The summed E-state index contributed by atoms with van der Waals surface area (Å²) >= 11 is 0. The second-order valence-electron chi connectivity index (χ2n) is 7.06. The standard InChI is InChI=1S/C19H29NO2/c1-4-14(2)16-6-8-17(9-7-16)20(3)12-15-5-10-18-19(11-15)22-13-21-18/h5,10-11,14,16-17H,4,6-9,12-13H2,1-3H3. The van der Waals surface area contributed by atoms with E-state index in [1.54, 1.807) is 0 Å². The minimum atomic E-state index is 0.355. The lowest BCUT2D eigenvalue weighted by Crippen LogP contribution is -2.35. The van der Waals surface area contributed by atoms with Crippen LogP contribution in [0.25, 0.3) is 0 Å². The predicted octanol–water partition coefficient (Wildman–Crippen LogP) is 4.45. The highest BCUT2D eigenvalue weighted by molar-refractivity contribution is 5.44. The van der Waals surface area contributed by atoms with Crippen molar-refractivity contribution >= 4 is 0 Å². The molecule has 0 aromatic heterocycles. The number of ether oxygens (including phenoxy) is 2. The fourth-order valence-electron chi connectivity index (χ4n) is 3.90. The van der Waals surface area contributed by atoms with Gasteiger partial charge in [0.1, 0.15) is 0 Å². The first kappa shape index (κ1) is 15.7. The molecular formula is C19H29NO2. The Morgan fingerprint density at radius 3 is 2.59 bits per heavy atom. The summed E-state index contributed by atoms with van der Waals surface area (Å²) in [4.78, 5) is 2.52. The minimum absolute atomic E-state index is 0.355. The normalized spacial score (nSPS) is 25.5. The van der Waals surface area contributed by atoms with E-state index in [1.165, 1.54) is 37.7 Å². The van der Waals surface area contributed by atoms with Gasteiger partial charge in [-0.1, -0.05) is 26.3 Å². The van der Waals surface area contributed by atoms with Crippen molar-refractivity contribution in [1.82, 2.24) is 4.90 Å². The minimum Gasteiger partial charge on any atom is -0.454 e. The predicted molar refractivity (Wildman–Crippen MR) is 89.2 cm³/mol. The molecule has 1 saturated carbocycles. The first-order chi connectivity index (χ1) is 10.7. The molecule has 1 atom stereocenters. The van der Waals surface area contributed by atoms with E-state index in [1.807, 2.05) is 6.07 Å². The fraction of sp³-hybridized carbons (Fsp3) is 0.684. The van der Waals surface area contributed by atoms with Gasteiger partial charge in [-0.2, -0.15) is 0 Å². The average molecular weight is 303 g/mol. The van der Waals surface area contributed by atoms with Crippen LogP contribution in [0.1, 0.15) is 51.5 Å². The monoisotopic (exact) mass is 303 g/mol. The number of nitrogens with zero attached hydrogens (tertiary/aromatic N) is 1. The summed E-state index contributed by atoms with van der Waals surface area (Å²) in [6.07, 6.45) is 6.80. The average Bonchev–Trinajstić information content (AvgIpc) is 3.02. The molecule has 3 rings (SSSR count). The summed E-state index contributed by atoms with van der Waals surface area (Å²) in [6.45, 7) is 6.09. The second-order valence-corrected chi connectivity index (χ2v) is 7.06. The number of benzene rings is 1. The highest BCUT2D eigenvalue weighted by Gasteiger charge is 2.26. The van der Waals surface area contributed by atoms with Crippen molar-refractivity contribution in [3.8, 4) is 11.5 Å². The van der Waals surface area contributed by atoms with E-state index in [-0.39, 0.29) is 0 Å². The first-order valence-corrected chi connectivity index (χ1v) is 8.76. The maximum Gasteiger partial charge on any atom is 0.231 e. The SMILES string of the molecule is CCC(C)C1CCC(N(C)Cc2ccc3c(c2)OCO3)CC1. The molecule has 2 aliphatic rings. The smallest absolute Gasteiger partial charge is 0.231 e. The lowest BCUT2D eigenvalue weighted by Gasteiger charge is -2.36. The Kier molecular flexibility index (Phi) is 4.92. The van der Waals surface area contributed by atoms with E-state index < -0.39 is 0 Å². The van der Waals surface area contributed by atoms with Crippen LogP contribution in [0, 0.1) is 11.8 Å².